The van der Waals surface area contributed by atoms with E-state index >= 15 is 0 Å². The number of nitro groups is 1. The number of nitrogens with one attached hydrogen (secondary N) is 2. The van der Waals surface area contributed by atoms with Crippen molar-refractivity contribution < 1.29 is 9.72 Å². The third-order valence-electron chi connectivity index (χ3n) is 5.12. The molecule has 2 aromatic rings. The zero-order chi connectivity index (χ0) is 20.1. The fraction of sp³-hybridized carbons (Fsp3) is 0.381. The highest BCUT2D eigenvalue weighted by Gasteiger charge is 2.18. The van der Waals surface area contributed by atoms with Crippen LogP contribution in [0.1, 0.15) is 30.4 Å². The first-order valence-electron chi connectivity index (χ1n) is 9.59. The molecule has 1 saturated heterocycles. The van der Waals surface area contributed by atoms with Crippen molar-refractivity contribution in [3.05, 3.63) is 57.6 Å². The summed E-state index contributed by atoms with van der Waals surface area (Å²) in [7, 11) is 0. The van der Waals surface area contributed by atoms with Crippen LogP contribution in [0.25, 0.3) is 0 Å². The number of carbonyl (C=O) groups excluding carboxylic acids is 1. The highest BCUT2D eigenvalue weighted by Crippen LogP contribution is 2.29. The summed E-state index contributed by atoms with van der Waals surface area (Å²) < 4.78 is 0. The number of benzene rings is 2. The van der Waals surface area contributed by atoms with Crippen LogP contribution in [0, 0.1) is 24.0 Å². The van der Waals surface area contributed by atoms with Crippen LogP contribution in [0.3, 0.4) is 0 Å². The van der Waals surface area contributed by atoms with Gasteiger partial charge in [-0.05, 0) is 62.4 Å². The summed E-state index contributed by atoms with van der Waals surface area (Å²) in [6, 6.07) is 11.1. The minimum atomic E-state index is -0.471. The molecule has 1 aliphatic rings. The number of amides is 1. The van der Waals surface area contributed by atoms with Crippen LogP contribution in [0.5, 0.6) is 0 Å². The van der Waals surface area contributed by atoms with E-state index in [0.717, 1.165) is 35.6 Å². The number of nitrogens with zero attached hydrogens (tertiary/aromatic N) is 2. The number of aryl methyl sites for hydroxylation is 2. The Hall–Kier alpha value is -3.09. The quantitative estimate of drug-likeness (QED) is 0.576. The minimum Gasteiger partial charge on any atom is -0.374 e. The van der Waals surface area contributed by atoms with Crippen LogP contribution in [0.4, 0.5) is 22.7 Å². The maximum absolute atomic E-state index is 12.4. The van der Waals surface area contributed by atoms with Crippen LogP contribution in [0.15, 0.2) is 36.4 Å². The first-order chi connectivity index (χ1) is 13.5. The van der Waals surface area contributed by atoms with Gasteiger partial charge in [0.25, 0.3) is 5.69 Å². The Morgan fingerprint density at radius 1 is 1.07 bits per heavy atom. The zero-order valence-electron chi connectivity index (χ0n) is 16.3. The Kier molecular flexibility index (Phi) is 6.13. The molecule has 0 atom stereocenters. The predicted octanol–water partition coefficient (Wildman–Crippen LogP) is 4.25. The lowest BCUT2D eigenvalue weighted by Gasteiger charge is -2.30. The molecule has 1 amide bonds. The van der Waals surface area contributed by atoms with E-state index in [9.17, 15) is 14.9 Å². The molecule has 148 valence electrons. The minimum absolute atomic E-state index is 0.0366. The molecule has 0 aliphatic carbocycles. The van der Waals surface area contributed by atoms with E-state index in [1.54, 1.807) is 6.07 Å². The lowest BCUT2D eigenvalue weighted by atomic mass is 10.1. The summed E-state index contributed by atoms with van der Waals surface area (Å²) in [6.45, 7) is 5.74. The summed E-state index contributed by atoms with van der Waals surface area (Å²) in [4.78, 5) is 25.6. The molecule has 2 aromatic carbocycles. The topological polar surface area (TPSA) is 87.5 Å². The van der Waals surface area contributed by atoms with Gasteiger partial charge in [0.05, 0.1) is 22.8 Å². The first-order valence-corrected chi connectivity index (χ1v) is 9.59. The van der Waals surface area contributed by atoms with Crippen molar-refractivity contribution in [3.63, 3.8) is 0 Å². The zero-order valence-corrected chi connectivity index (χ0v) is 16.3. The molecule has 0 bridgehead atoms. The molecular weight excluding hydrogens is 356 g/mol. The van der Waals surface area contributed by atoms with Crippen molar-refractivity contribution in [1.29, 1.82) is 0 Å². The van der Waals surface area contributed by atoms with Gasteiger partial charge < -0.3 is 15.5 Å². The van der Waals surface area contributed by atoms with Gasteiger partial charge in [0.1, 0.15) is 5.69 Å². The van der Waals surface area contributed by atoms with Crippen LogP contribution >= 0.6 is 0 Å². The number of anilines is 3. The fourth-order valence-electron chi connectivity index (χ4n) is 3.46. The van der Waals surface area contributed by atoms with E-state index in [0.29, 0.717) is 0 Å². The summed E-state index contributed by atoms with van der Waals surface area (Å²) in [6.07, 6.45) is 3.60. The molecule has 0 unspecified atom stereocenters. The van der Waals surface area contributed by atoms with Crippen molar-refractivity contribution in [2.75, 3.05) is 35.2 Å². The van der Waals surface area contributed by atoms with Gasteiger partial charge in [0.15, 0.2) is 0 Å². The van der Waals surface area contributed by atoms with Gasteiger partial charge in [0.2, 0.25) is 5.91 Å². The molecule has 1 fully saturated rings. The van der Waals surface area contributed by atoms with Crippen molar-refractivity contribution in [3.8, 4) is 0 Å². The Morgan fingerprint density at radius 2 is 1.75 bits per heavy atom. The number of hydrogen-bond acceptors (Lipinski definition) is 5. The number of nitro benzene ring substituents is 1. The molecule has 0 spiro atoms. The summed E-state index contributed by atoms with van der Waals surface area (Å²) >= 11 is 0. The standard InChI is InChI=1S/C21H26N4O3/c1-15-12-18(20(25(27)28)13-16(15)2)23-21(26)14-22-17-8-4-5-9-19(17)24-10-6-3-7-11-24/h4-5,8-9,12-13,22H,3,6-7,10-11,14H2,1-2H3,(H,23,26). The molecule has 0 radical (unpaired) electrons. The summed E-state index contributed by atoms with van der Waals surface area (Å²) in [5, 5.41) is 17.2. The lowest BCUT2D eigenvalue weighted by molar-refractivity contribution is -0.384. The third kappa shape index (κ3) is 4.60. The van der Waals surface area contributed by atoms with Gasteiger partial charge in [-0.2, -0.15) is 0 Å². The molecule has 1 aliphatic heterocycles. The van der Waals surface area contributed by atoms with E-state index in [1.165, 1.54) is 25.3 Å². The smallest absolute Gasteiger partial charge is 0.293 e. The van der Waals surface area contributed by atoms with Gasteiger partial charge in [-0.3, -0.25) is 14.9 Å². The van der Waals surface area contributed by atoms with Gasteiger partial charge in [0, 0.05) is 19.2 Å². The van der Waals surface area contributed by atoms with Crippen molar-refractivity contribution in [1.82, 2.24) is 0 Å². The number of carbonyl (C=O) groups is 1. The molecule has 0 saturated carbocycles. The number of para-hydroxylation sites is 2. The normalized spacial score (nSPS) is 13.9. The molecule has 2 N–H and O–H groups in total. The third-order valence-corrected chi connectivity index (χ3v) is 5.12. The van der Waals surface area contributed by atoms with Crippen LogP contribution < -0.4 is 15.5 Å². The van der Waals surface area contributed by atoms with Crippen molar-refractivity contribution in [2.45, 2.75) is 33.1 Å². The van der Waals surface area contributed by atoms with E-state index in [1.807, 2.05) is 32.0 Å². The van der Waals surface area contributed by atoms with Crippen molar-refractivity contribution in [2.24, 2.45) is 0 Å². The van der Waals surface area contributed by atoms with Crippen LogP contribution in [0.2, 0.25) is 0 Å². The molecule has 0 aromatic heterocycles. The second-order valence-corrected chi connectivity index (χ2v) is 7.18. The monoisotopic (exact) mass is 382 g/mol. The van der Waals surface area contributed by atoms with E-state index in [4.69, 9.17) is 0 Å². The second kappa shape index (κ2) is 8.73. The fourth-order valence-corrected chi connectivity index (χ4v) is 3.46. The Morgan fingerprint density at radius 3 is 2.46 bits per heavy atom. The van der Waals surface area contributed by atoms with E-state index in [-0.39, 0.29) is 23.8 Å². The molecule has 1 heterocycles. The van der Waals surface area contributed by atoms with Crippen LogP contribution in [-0.4, -0.2) is 30.5 Å². The Balaban J connectivity index is 1.69. The molecule has 7 heteroatoms. The maximum Gasteiger partial charge on any atom is 0.293 e. The van der Waals surface area contributed by atoms with E-state index < -0.39 is 4.92 Å². The average molecular weight is 382 g/mol. The molecule has 3 rings (SSSR count). The van der Waals surface area contributed by atoms with E-state index in [2.05, 4.69) is 21.6 Å². The van der Waals surface area contributed by atoms with Gasteiger partial charge in [-0.1, -0.05) is 12.1 Å². The number of piperidine rings is 1. The SMILES string of the molecule is Cc1cc(NC(=O)CNc2ccccc2N2CCCCC2)c([N+](=O)[O-])cc1C. The van der Waals surface area contributed by atoms with Gasteiger partial charge in [-0.25, -0.2) is 0 Å². The highest BCUT2D eigenvalue weighted by atomic mass is 16.6. The summed E-state index contributed by atoms with van der Waals surface area (Å²) in [5.74, 6) is -0.320. The number of rotatable bonds is 6. The molecule has 28 heavy (non-hydrogen) atoms. The Labute approximate surface area is 164 Å². The summed E-state index contributed by atoms with van der Waals surface area (Å²) in [5.41, 5.74) is 3.83. The van der Waals surface area contributed by atoms with Gasteiger partial charge in [-0.15, -0.1) is 0 Å². The molecular formula is C21H26N4O3. The van der Waals surface area contributed by atoms with Crippen molar-refractivity contribution >= 4 is 28.7 Å². The second-order valence-electron chi connectivity index (χ2n) is 7.18. The maximum atomic E-state index is 12.4. The van der Waals surface area contributed by atoms with Gasteiger partial charge >= 0.3 is 0 Å². The largest absolute Gasteiger partial charge is 0.374 e. The first kappa shape index (κ1) is 19.7. The average Bonchev–Trinajstić information content (AvgIpc) is 2.69. The number of hydrogen-bond donors (Lipinski definition) is 2. The van der Waals surface area contributed by atoms with Crippen LogP contribution in [-0.2, 0) is 4.79 Å². The highest BCUT2D eigenvalue weighted by molar-refractivity contribution is 5.96. The Bertz CT molecular complexity index is 876. The molecule has 7 nitrogen and oxygen atoms in total. The lowest BCUT2D eigenvalue weighted by Crippen LogP contribution is -2.30. The predicted molar refractivity (Wildman–Crippen MR) is 112 cm³/mol.